The normalized spacial score (nSPS) is 12.4. The monoisotopic (exact) mass is 1120 g/mol. The van der Waals surface area contributed by atoms with E-state index in [1.54, 1.807) is 0 Å². The Labute approximate surface area is 437 Å². The zero-order valence-electron chi connectivity index (χ0n) is 42.3. The van der Waals surface area contributed by atoms with Crippen LogP contribution < -0.4 is 9.30 Å². The van der Waals surface area contributed by atoms with E-state index >= 15 is 0 Å². The van der Waals surface area contributed by atoms with Gasteiger partial charge in [0.25, 0.3) is 6.33 Å². The smallest absolute Gasteiger partial charge is 0.268 e. The number of nitrogens with zero attached hydrogens (tertiary/aromatic N) is 4. The van der Waals surface area contributed by atoms with Crippen LogP contribution >= 0.6 is 0 Å². The minimum Gasteiger partial charge on any atom is -0.510 e. The van der Waals surface area contributed by atoms with Crippen molar-refractivity contribution >= 4 is 32.8 Å². The molecule has 1 aliphatic rings. The van der Waals surface area contributed by atoms with Crippen molar-refractivity contribution < 1.29 is 30.4 Å². The zero-order valence-corrected chi connectivity index (χ0v) is 44.5. The number of fused-ring (bicyclic) bond motifs is 10. The molecule has 3 aromatic heterocycles. The minimum atomic E-state index is -0.0630. The van der Waals surface area contributed by atoms with Crippen LogP contribution in [0.3, 0.4) is 0 Å². The van der Waals surface area contributed by atoms with Gasteiger partial charge in [-0.1, -0.05) is 189 Å². The summed E-state index contributed by atoms with van der Waals surface area (Å²) >= 11 is 0. The molecule has 0 amide bonds. The maximum Gasteiger partial charge on any atom is 0.268 e. The van der Waals surface area contributed by atoms with Crippen LogP contribution in [-0.2, 0) is 37.3 Å². The molecule has 0 atom stereocenters. The van der Waals surface area contributed by atoms with E-state index < -0.39 is 0 Å². The number of ether oxygens (including phenoxy) is 1. The van der Waals surface area contributed by atoms with Gasteiger partial charge in [-0.05, 0) is 107 Å². The van der Waals surface area contributed by atoms with Crippen molar-refractivity contribution in [3.8, 4) is 73.2 Å². The molecule has 0 unspecified atom stereocenters. The van der Waals surface area contributed by atoms with Crippen LogP contribution in [0.4, 0.5) is 0 Å². The first kappa shape index (κ1) is 47.0. The quantitative estimate of drug-likeness (QED) is 0.127. The topological polar surface area (TPSA) is 35.9 Å². The van der Waals surface area contributed by atoms with Crippen LogP contribution in [0.2, 0.25) is 0 Å². The first-order valence-corrected chi connectivity index (χ1v) is 24.7. The van der Waals surface area contributed by atoms with Crippen LogP contribution in [0.5, 0.6) is 11.5 Å². The van der Waals surface area contributed by atoms with Crippen LogP contribution in [-0.4, -0.2) is 14.1 Å². The van der Waals surface area contributed by atoms with E-state index in [-0.39, 0.29) is 37.3 Å². The van der Waals surface area contributed by atoms with Gasteiger partial charge in [-0.3, -0.25) is 4.57 Å². The van der Waals surface area contributed by atoms with Crippen molar-refractivity contribution in [2.45, 2.75) is 78.6 Å². The molecule has 72 heavy (non-hydrogen) atoms. The second kappa shape index (κ2) is 17.5. The second-order valence-electron chi connectivity index (χ2n) is 22.1. The summed E-state index contributed by atoms with van der Waals surface area (Å²) in [5.74, 6) is 2.01. The summed E-state index contributed by atoms with van der Waals surface area (Å²) in [7, 11) is 0. The summed E-state index contributed by atoms with van der Waals surface area (Å²) < 4.78 is 13.4. The van der Waals surface area contributed by atoms with E-state index in [1.165, 1.54) is 33.4 Å². The van der Waals surface area contributed by atoms with Crippen molar-refractivity contribution in [2.24, 2.45) is 0 Å². The van der Waals surface area contributed by atoms with Gasteiger partial charge in [-0.25, -0.2) is 4.98 Å². The molecule has 0 fully saturated rings. The summed E-state index contributed by atoms with van der Waals surface area (Å²) in [5.41, 5.74) is 18.9. The van der Waals surface area contributed by atoms with Gasteiger partial charge in [0.15, 0.2) is 0 Å². The fourth-order valence-corrected chi connectivity index (χ4v) is 10.4. The van der Waals surface area contributed by atoms with Gasteiger partial charge in [0, 0.05) is 44.3 Å². The van der Waals surface area contributed by atoms with Crippen LogP contribution in [0, 0.1) is 18.5 Å². The third-order valence-corrected chi connectivity index (χ3v) is 14.3. The molecule has 11 aromatic rings. The molecule has 0 N–H and O–H groups in total. The molecule has 0 saturated carbocycles. The fourth-order valence-electron chi connectivity index (χ4n) is 10.4. The molecule has 6 heteroatoms. The van der Waals surface area contributed by atoms with Gasteiger partial charge >= 0.3 is 0 Å². The Bertz CT molecular complexity index is 3910. The summed E-state index contributed by atoms with van der Waals surface area (Å²) in [6, 6.07) is 68.8. The Morgan fingerprint density at radius 1 is 0.472 bits per heavy atom. The van der Waals surface area contributed by atoms with Gasteiger partial charge in [0.2, 0.25) is 0 Å². The molecular formula is C66H56N4OPt-2. The van der Waals surface area contributed by atoms with E-state index in [0.29, 0.717) is 11.5 Å². The average molecular weight is 1120 g/mol. The van der Waals surface area contributed by atoms with E-state index in [1.807, 2.05) is 24.4 Å². The molecule has 1 aliphatic heterocycles. The van der Waals surface area contributed by atoms with Crippen LogP contribution in [0.25, 0.3) is 94.5 Å². The molecule has 0 spiro atoms. The molecule has 8 aromatic carbocycles. The van der Waals surface area contributed by atoms with Gasteiger partial charge in [0.05, 0.1) is 16.7 Å². The maximum absolute atomic E-state index is 6.76. The summed E-state index contributed by atoms with van der Waals surface area (Å²) in [4.78, 5) is 4.89. The molecular weight excluding hydrogens is 1060 g/mol. The van der Waals surface area contributed by atoms with Crippen molar-refractivity contribution in [1.29, 1.82) is 0 Å². The van der Waals surface area contributed by atoms with Gasteiger partial charge in [0.1, 0.15) is 5.82 Å². The summed E-state index contributed by atoms with van der Waals surface area (Å²) in [6.07, 6.45) is 5.86. The number of hydrogen-bond acceptors (Lipinski definition) is 2. The first-order valence-electron chi connectivity index (χ1n) is 24.7. The van der Waals surface area contributed by atoms with Crippen molar-refractivity contribution in [3.05, 3.63) is 211 Å². The number of rotatable bonds is 5. The number of hydrogen-bond donors (Lipinski definition) is 0. The molecule has 358 valence electrons. The van der Waals surface area contributed by atoms with Crippen molar-refractivity contribution in [3.63, 3.8) is 0 Å². The molecule has 0 aliphatic carbocycles. The van der Waals surface area contributed by atoms with Crippen molar-refractivity contribution in [1.82, 2.24) is 14.1 Å². The standard InChI is InChI=1S/C66H56N4O.Pt/c1-64(2,3)43-29-27-42(28-30-43)49-22-15-23-56-57-37-44(65(4,5)6)31-33-52(57)50-19-10-11-20-51(50)55-24-16-26-59-63(55)69(62(49)56)41-68(59)46-17-14-18-47(39-46)71-48-32-34-54-53-21-12-13-25-58(53)70(60(54)40-48)61-38-45(35-36-67-61)66(7,8)9;/h10-38H,1-9H3;/q-2;. The minimum absolute atomic E-state index is 0. The summed E-state index contributed by atoms with van der Waals surface area (Å²) in [6.45, 7) is 20.4. The Balaban J connectivity index is 0.00000560. The molecule has 0 radical (unpaired) electrons. The Hall–Kier alpha value is -7.33. The van der Waals surface area contributed by atoms with Gasteiger partial charge < -0.3 is 13.9 Å². The molecule has 4 heterocycles. The largest absolute Gasteiger partial charge is 0.510 e. The molecule has 5 nitrogen and oxygen atoms in total. The maximum atomic E-state index is 6.76. The van der Waals surface area contributed by atoms with Crippen LogP contribution in [0.15, 0.2) is 176 Å². The third kappa shape index (κ3) is 7.99. The summed E-state index contributed by atoms with van der Waals surface area (Å²) in [5, 5.41) is 2.22. The van der Waals surface area contributed by atoms with E-state index in [9.17, 15) is 0 Å². The van der Waals surface area contributed by atoms with Gasteiger partial charge in [-0.15, -0.1) is 29.7 Å². The fraction of sp³-hybridized carbons (Fsp3) is 0.182. The SMILES string of the molecule is CC(C)(C)c1ccc(-c2cccc3c2-[n+]2[c-]n(-c4[c-]c(Oc5[c-]c6c(cc5)c5ccccc5n6-c5cc(C(C)(C)C)ccn5)ccc4)c4cccc(c42)-c2ccccc2-c2ccc(C(C)(C)C)cc2-3)cc1.[Pt]. The predicted octanol–water partition coefficient (Wildman–Crippen LogP) is 16.5. The first-order chi connectivity index (χ1) is 34.1. The van der Waals surface area contributed by atoms with Crippen molar-refractivity contribution in [2.75, 3.05) is 0 Å². The third-order valence-electron chi connectivity index (χ3n) is 14.3. The predicted molar refractivity (Wildman–Crippen MR) is 291 cm³/mol. The molecule has 12 rings (SSSR count). The Morgan fingerprint density at radius 2 is 1.07 bits per heavy atom. The van der Waals surface area contributed by atoms with Gasteiger partial charge in [-0.2, -0.15) is 18.2 Å². The van der Waals surface area contributed by atoms with E-state index in [0.717, 1.165) is 77.8 Å². The van der Waals surface area contributed by atoms with E-state index in [4.69, 9.17) is 9.72 Å². The molecule has 0 bridgehead atoms. The number of aromatic nitrogens is 4. The molecule has 0 saturated heterocycles. The number of para-hydroxylation sites is 3. The zero-order chi connectivity index (χ0) is 49.0. The number of benzene rings is 8. The Kier molecular flexibility index (Phi) is 11.4. The second-order valence-corrected chi connectivity index (χ2v) is 22.1. The Morgan fingerprint density at radius 3 is 1.83 bits per heavy atom. The number of pyridine rings is 1. The number of imidazole rings is 1. The van der Waals surface area contributed by atoms with E-state index in [2.05, 4.69) is 246 Å². The average Bonchev–Trinajstić information content (AvgIpc) is 3.92. The van der Waals surface area contributed by atoms with Crippen LogP contribution in [0.1, 0.15) is 79.0 Å².